The van der Waals surface area contributed by atoms with E-state index in [0.717, 1.165) is 0 Å². The monoisotopic (exact) mass is 256 g/mol. The Bertz CT molecular complexity index is 311. The van der Waals surface area contributed by atoms with Crippen molar-refractivity contribution in [3.05, 3.63) is 0 Å². The average molecular weight is 256 g/mol. The highest BCUT2D eigenvalue weighted by Crippen LogP contribution is 1.99. The second-order valence-electron chi connectivity index (χ2n) is 4.30. The number of rotatable bonds is 6. The molecule has 6 heteroatoms. The molecule has 0 aliphatic carbocycles. The maximum absolute atomic E-state index is 11.7. The Hall–Kier alpha value is -1.43. The predicted molar refractivity (Wildman–Crippen MR) is 64.9 cm³/mol. The fraction of sp³-hybridized carbons (Fsp3) is 0.750. The van der Waals surface area contributed by atoms with Crippen LogP contribution in [0, 0.1) is 0 Å². The van der Waals surface area contributed by atoms with E-state index in [4.69, 9.17) is 4.74 Å². The second-order valence-corrected chi connectivity index (χ2v) is 4.30. The molecule has 0 unspecified atom stereocenters. The molecule has 0 aromatic carbocycles. The number of amides is 2. The third kappa shape index (κ3) is 5.77. The first kappa shape index (κ1) is 14.6. The summed E-state index contributed by atoms with van der Waals surface area (Å²) in [6.07, 6.45) is 0.746. The van der Waals surface area contributed by atoms with Crippen LogP contribution in [0.3, 0.4) is 0 Å². The third-order valence-corrected chi connectivity index (χ3v) is 2.73. The molecule has 0 radical (unpaired) electrons. The highest BCUT2D eigenvalue weighted by atomic mass is 16.5. The number of carbonyl (C=O) groups excluding carboxylic acids is 3. The first-order valence-corrected chi connectivity index (χ1v) is 6.21. The lowest BCUT2D eigenvalue weighted by atomic mass is 10.2. The molecule has 1 N–H and O–H groups in total. The molecule has 0 saturated carbocycles. The van der Waals surface area contributed by atoms with E-state index < -0.39 is 0 Å². The molecule has 1 rings (SSSR count). The maximum atomic E-state index is 11.7. The maximum Gasteiger partial charge on any atom is 0.224 e. The molecule has 0 aromatic rings. The second kappa shape index (κ2) is 7.81. The zero-order chi connectivity index (χ0) is 13.4. The largest absolute Gasteiger partial charge is 0.378 e. The minimum Gasteiger partial charge on any atom is -0.378 e. The number of Topliss-reactive ketones (excluding diaryl/α,β-unsaturated/α-hetero) is 1. The molecule has 2 amide bonds. The Balaban J connectivity index is 2.10. The van der Waals surface area contributed by atoms with Crippen LogP contribution in [0.4, 0.5) is 0 Å². The first-order chi connectivity index (χ1) is 8.59. The van der Waals surface area contributed by atoms with Gasteiger partial charge in [0.25, 0.3) is 0 Å². The van der Waals surface area contributed by atoms with Crippen molar-refractivity contribution < 1.29 is 19.1 Å². The number of nitrogens with zero attached hydrogens (tertiary/aromatic N) is 1. The van der Waals surface area contributed by atoms with Gasteiger partial charge in [-0.15, -0.1) is 0 Å². The molecule has 1 aliphatic heterocycles. The van der Waals surface area contributed by atoms with Crippen molar-refractivity contribution in [2.75, 3.05) is 32.8 Å². The van der Waals surface area contributed by atoms with Crippen molar-refractivity contribution in [2.24, 2.45) is 0 Å². The molecule has 0 aromatic heterocycles. The summed E-state index contributed by atoms with van der Waals surface area (Å²) >= 11 is 0. The van der Waals surface area contributed by atoms with Gasteiger partial charge in [0.15, 0.2) is 0 Å². The van der Waals surface area contributed by atoms with Gasteiger partial charge in [0.05, 0.1) is 13.2 Å². The molecule has 0 bridgehead atoms. The SMILES string of the molecule is CC(=O)CCC(=O)NCCC(=O)N1CCOCC1. The van der Waals surface area contributed by atoms with E-state index in [2.05, 4.69) is 5.32 Å². The van der Waals surface area contributed by atoms with Crippen molar-refractivity contribution >= 4 is 17.6 Å². The summed E-state index contributed by atoms with van der Waals surface area (Å²) < 4.78 is 5.15. The van der Waals surface area contributed by atoms with Crippen molar-refractivity contribution in [3.63, 3.8) is 0 Å². The molecule has 1 fully saturated rings. The number of morpholine rings is 1. The molecular formula is C12H20N2O4. The lowest BCUT2D eigenvalue weighted by Crippen LogP contribution is -2.42. The highest BCUT2D eigenvalue weighted by molar-refractivity contribution is 5.84. The number of hydrogen-bond acceptors (Lipinski definition) is 4. The van der Waals surface area contributed by atoms with Crippen LogP contribution in [0.2, 0.25) is 0 Å². The van der Waals surface area contributed by atoms with Crippen LogP contribution in [-0.4, -0.2) is 55.3 Å². The van der Waals surface area contributed by atoms with Crippen LogP contribution >= 0.6 is 0 Å². The molecule has 1 heterocycles. The number of hydrogen-bond donors (Lipinski definition) is 1. The Morgan fingerprint density at radius 2 is 1.78 bits per heavy atom. The van der Waals surface area contributed by atoms with Crippen molar-refractivity contribution in [3.8, 4) is 0 Å². The predicted octanol–water partition coefficient (Wildman–Crippen LogP) is -0.279. The quantitative estimate of drug-likeness (QED) is 0.709. The Morgan fingerprint density at radius 3 is 2.39 bits per heavy atom. The van der Waals surface area contributed by atoms with Gasteiger partial charge in [0, 0.05) is 38.9 Å². The fourth-order valence-corrected chi connectivity index (χ4v) is 1.66. The summed E-state index contributed by atoms with van der Waals surface area (Å²) in [7, 11) is 0. The summed E-state index contributed by atoms with van der Waals surface area (Å²) in [6, 6.07) is 0. The Morgan fingerprint density at radius 1 is 1.11 bits per heavy atom. The van der Waals surface area contributed by atoms with Gasteiger partial charge >= 0.3 is 0 Å². The van der Waals surface area contributed by atoms with Crippen LogP contribution in [0.15, 0.2) is 0 Å². The Kier molecular flexibility index (Phi) is 6.35. The zero-order valence-corrected chi connectivity index (χ0v) is 10.7. The molecule has 1 aliphatic rings. The van der Waals surface area contributed by atoms with E-state index in [-0.39, 0.29) is 30.4 Å². The topological polar surface area (TPSA) is 75.7 Å². The standard InChI is InChI=1S/C12H20N2O4/c1-10(15)2-3-11(16)13-5-4-12(17)14-6-8-18-9-7-14/h2-9H2,1H3,(H,13,16). The van der Waals surface area contributed by atoms with Gasteiger partial charge in [-0.25, -0.2) is 0 Å². The summed E-state index contributed by atoms with van der Waals surface area (Å²) in [5, 5.41) is 2.64. The van der Waals surface area contributed by atoms with Crippen LogP contribution in [-0.2, 0) is 19.1 Å². The van der Waals surface area contributed by atoms with Gasteiger partial charge in [0.2, 0.25) is 11.8 Å². The average Bonchev–Trinajstić information content (AvgIpc) is 2.37. The molecule has 18 heavy (non-hydrogen) atoms. The van der Waals surface area contributed by atoms with Gasteiger partial charge < -0.3 is 19.7 Å². The molecule has 0 atom stereocenters. The number of carbonyl (C=O) groups is 3. The van der Waals surface area contributed by atoms with Crippen molar-refractivity contribution in [2.45, 2.75) is 26.2 Å². The Labute approximate surface area is 107 Å². The highest BCUT2D eigenvalue weighted by Gasteiger charge is 2.16. The normalized spacial score (nSPS) is 15.3. The number of ether oxygens (including phenoxy) is 1. The molecular weight excluding hydrogens is 236 g/mol. The number of ketones is 1. The summed E-state index contributed by atoms with van der Waals surface area (Å²) in [4.78, 5) is 35.4. The lowest BCUT2D eigenvalue weighted by Gasteiger charge is -2.26. The molecule has 6 nitrogen and oxygen atoms in total. The molecule has 1 saturated heterocycles. The number of nitrogens with one attached hydrogen (secondary N) is 1. The minimum atomic E-state index is -0.181. The summed E-state index contributed by atoms with van der Waals surface area (Å²) in [5.74, 6) is -0.153. The van der Waals surface area contributed by atoms with Crippen molar-refractivity contribution in [1.82, 2.24) is 10.2 Å². The van der Waals surface area contributed by atoms with Crippen LogP contribution < -0.4 is 5.32 Å². The van der Waals surface area contributed by atoms with E-state index in [0.29, 0.717) is 39.3 Å². The third-order valence-electron chi connectivity index (χ3n) is 2.73. The smallest absolute Gasteiger partial charge is 0.224 e. The minimum absolute atomic E-state index is 0.00505. The van der Waals surface area contributed by atoms with Crippen LogP contribution in [0.25, 0.3) is 0 Å². The first-order valence-electron chi connectivity index (χ1n) is 6.21. The van der Waals surface area contributed by atoms with Gasteiger partial charge in [0.1, 0.15) is 5.78 Å². The van der Waals surface area contributed by atoms with Crippen LogP contribution in [0.5, 0.6) is 0 Å². The molecule has 0 spiro atoms. The van der Waals surface area contributed by atoms with E-state index in [9.17, 15) is 14.4 Å². The van der Waals surface area contributed by atoms with E-state index in [1.807, 2.05) is 0 Å². The van der Waals surface area contributed by atoms with E-state index in [1.165, 1.54) is 6.92 Å². The summed E-state index contributed by atoms with van der Waals surface area (Å²) in [5.41, 5.74) is 0. The zero-order valence-electron chi connectivity index (χ0n) is 10.7. The van der Waals surface area contributed by atoms with Gasteiger partial charge in [-0.05, 0) is 6.92 Å². The lowest BCUT2D eigenvalue weighted by molar-refractivity contribution is -0.135. The van der Waals surface area contributed by atoms with E-state index >= 15 is 0 Å². The van der Waals surface area contributed by atoms with Gasteiger partial charge in [-0.3, -0.25) is 9.59 Å². The van der Waals surface area contributed by atoms with E-state index in [1.54, 1.807) is 4.90 Å². The van der Waals surface area contributed by atoms with Crippen LogP contribution in [0.1, 0.15) is 26.2 Å². The van der Waals surface area contributed by atoms with Gasteiger partial charge in [-0.2, -0.15) is 0 Å². The summed E-state index contributed by atoms with van der Waals surface area (Å²) in [6.45, 7) is 4.18. The molecule has 102 valence electrons. The fourth-order valence-electron chi connectivity index (χ4n) is 1.66. The van der Waals surface area contributed by atoms with Crippen molar-refractivity contribution in [1.29, 1.82) is 0 Å². The van der Waals surface area contributed by atoms with Gasteiger partial charge in [-0.1, -0.05) is 0 Å².